The normalized spacial score (nSPS) is 31.0. The monoisotopic (exact) mass is 238 g/mol. The summed E-state index contributed by atoms with van der Waals surface area (Å²) in [4.78, 5) is 14.4. The molecule has 0 aromatic rings. The first-order valence-electron chi connectivity index (χ1n) is 7.07. The van der Waals surface area contributed by atoms with Crippen molar-refractivity contribution in [2.75, 3.05) is 19.6 Å². The number of piperidine rings is 1. The minimum Gasteiger partial charge on any atom is -0.341 e. The van der Waals surface area contributed by atoms with Gasteiger partial charge in [-0.1, -0.05) is 20.3 Å². The molecule has 1 aliphatic heterocycles. The highest BCUT2D eigenvalue weighted by atomic mass is 16.2. The van der Waals surface area contributed by atoms with E-state index in [9.17, 15) is 4.79 Å². The van der Waals surface area contributed by atoms with Gasteiger partial charge in [0.1, 0.15) is 0 Å². The zero-order valence-corrected chi connectivity index (χ0v) is 11.5. The molecule has 3 nitrogen and oxygen atoms in total. The van der Waals surface area contributed by atoms with Gasteiger partial charge in [0, 0.05) is 25.0 Å². The Morgan fingerprint density at radius 1 is 1.41 bits per heavy atom. The molecule has 0 bridgehead atoms. The van der Waals surface area contributed by atoms with Gasteiger partial charge < -0.3 is 10.2 Å². The summed E-state index contributed by atoms with van der Waals surface area (Å²) >= 11 is 0. The van der Waals surface area contributed by atoms with Crippen LogP contribution < -0.4 is 5.32 Å². The van der Waals surface area contributed by atoms with E-state index in [1.54, 1.807) is 0 Å². The van der Waals surface area contributed by atoms with Crippen LogP contribution in [0.2, 0.25) is 0 Å². The van der Waals surface area contributed by atoms with Crippen molar-refractivity contribution in [3.05, 3.63) is 0 Å². The molecular weight excluding hydrogens is 212 g/mol. The molecule has 1 saturated heterocycles. The van der Waals surface area contributed by atoms with E-state index in [1.807, 2.05) is 0 Å². The lowest BCUT2D eigenvalue weighted by Crippen LogP contribution is -2.46. The van der Waals surface area contributed by atoms with Gasteiger partial charge in [-0.3, -0.25) is 4.79 Å². The Morgan fingerprint density at radius 2 is 2.12 bits per heavy atom. The van der Waals surface area contributed by atoms with Crippen LogP contribution in [0.4, 0.5) is 0 Å². The Kier molecular flexibility index (Phi) is 3.76. The number of amides is 1. The molecule has 0 aromatic heterocycles. The van der Waals surface area contributed by atoms with Crippen LogP contribution in [-0.2, 0) is 4.79 Å². The van der Waals surface area contributed by atoms with E-state index in [4.69, 9.17) is 0 Å². The van der Waals surface area contributed by atoms with Crippen molar-refractivity contribution < 1.29 is 4.79 Å². The number of hydrogen-bond acceptors (Lipinski definition) is 2. The van der Waals surface area contributed by atoms with Gasteiger partial charge in [0.2, 0.25) is 5.91 Å². The molecule has 1 amide bonds. The van der Waals surface area contributed by atoms with Crippen molar-refractivity contribution in [2.24, 2.45) is 11.3 Å². The van der Waals surface area contributed by atoms with Crippen molar-refractivity contribution in [3.63, 3.8) is 0 Å². The van der Waals surface area contributed by atoms with E-state index in [-0.39, 0.29) is 11.3 Å². The lowest BCUT2D eigenvalue weighted by atomic mass is 10.0. The number of likely N-dealkylation sites (N-methyl/N-ethyl adjacent to an activating group) is 1. The van der Waals surface area contributed by atoms with Gasteiger partial charge in [0.05, 0.1) is 0 Å². The molecule has 98 valence electrons. The third-order valence-electron chi connectivity index (χ3n) is 4.36. The maximum absolute atomic E-state index is 12.3. The van der Waals surface area contributed by atoms with Crippen LogP contribution in [0.5, 0.6) is 0 Å². The molecule has 17 heavy (non-hydrogen) atoms. The Hall–Kier alpha value is -0.570. The molecule has 2 atom stereocenters. The van der Waals surface area contributed by atoms with E-state index in [0.717, 1.165) is 26.1 Å². The third-order valence-corrected chi connectivity index (χ3v) is 4.36. The van der Waals surface area contributed by atoms with Crippen LogP contribution in [0, 0.1) is 11.3 Å². The Labute approximate surface area is 105 Å². The molecule has 1 N–H and O–H groups in total. The van der Waals surface area contributed by atoms with Gasteiger partial charge in [0.25, 0.3) is 0 Å². The van der Waals surface area contributed by atoms with Gasteiger partial charge >= 0.3 is 0 Å². The SMILES string of the molecule is CCN(CC1CCCCN1)C(=O)C1CC1(C)C. The summed E-state index contributed by atoms with van der Waals surface area (Å²) in [7, 11) is 0. The van der Waals surface area contributed by atoms with Gasteiger partial charge in [-0.05, 0) is 38.1 Å². The molecule has 2 aliphatic rings. The van der Waals surface area contributed by atoms with Crippen LogP contribution in [0.15, 0.2) is 0 Å². The molecule has 0 aromatic carbocycles. The van der Waals surface area contributed by atoms with Crippen LogP contribution in [0.1, 0.15) is 46.5 Å². The summed E-state index contributed by atoms with van der Waals surface area (Å²) in [5.41, 5.74) is 0.254. The van der Waals surface area contributed by atoms with Gasteiger partial charge in [-0.2, -0.15) is 0 Å². The Bertz CT molecular complexity index is 282. The zero-order valence-electron chi connectivity index (χ0n) is 11.5. The average Bonchev–Trinajstić information content (AvgIpc) is 2.96. The number of rotatable bonds is 4. The van der Waals surface area contributed by atoms with E-state index in [2.05, 4.69) is 31.0 Å². The fraction of sp³-hybridized carbons (Fsp3) is 0.929. The number of nitrogens with one attached hydrogen (secondary N) is 1. The van der Waals surface area contributed by atoms with Crippen LogP contribution in [0.25, 0.3) is 0 Å². The number of hydrogen-bond donors (Lipinski definition) is 1. The lowest BCUT2D eigenvalue weighted by Gasteiger charge is -2.30. The third kappa shape index (κ3) is 3.01. The van der Waals surface area contributed by atoms with Gasteiger partial charge in [-0.25, -0.2) is 0 Å². The van der Waals surface area contributed by atoms with Crippen LogP contribution in [-0.4, -0.2) is 36.5 Å². The summed E-state index contributed by atoms with van der Waals surface area (Å²) in [5, 5.41) is 3.52. The van der Waals surface area contributed by atoms with Crippen LogP contribution in [0.3, 0.4) is 0 Å². The highest BCUT2D eigenvalue weighted by Gasteiger charge is 2.51. The molecule has 3 heteroatoms. The number of carbonyl (C=O) groups is 1. The molecule has 0 spiro atoms. The number of nitrogens with zero attached hydrogens (tertiary/aromatic N) is 1. The highest BCUT2D eigenvalue weighted by Crippen LogP contribution is 2.52. The summed E-state index contributed by atoms with van der Waals surface area (Å²) in [6.45, 7) is 9.36. The smallest absolute Gasteiger partial charge is 0.226 e. The first-order chi connectivity index (χ1) is 8.04. The second-order valence-electron chi connectivity index (χ2n) is 6.27. The van der Waals surface area contributed by atoms with Crippen molar-refractivity contribution in [1.82, 2.24) is 10.2 Å². The molecule has 0 radical (unpaired) electrons. The standard InChI is InChI=1S/C14H26N2O/c1-4-16(10-11-7-5-6-8-15-11)13(17)12-9-14(12,2)3/h11-12,15H,4-10H2,1-3H3. The molecule has 2 unspecified atom stereocenters. The maximum atomic E-state index is 12.3. The quantitative estimate of drug-likeness (QED) is 0.812. The predicted octanol–water partition coefficient (Wildman–Crippen LogP) is 2.02. The van der Waals surface area contributed by atoms with E-state index < -0.39 is 0 Å². The summed E-state index contributed by atoms with van der Waals surface area (Å²) in [6.07, 6.45) is 4.88. The van der Waals surface area contributed by atoms with Crippen LogP contribution >= 0.6 is 0 Å². The van der Waals surface area contributed by atoms with E-state index in [1.165, 1.54) is 19.3 Å². The summed E-state index contributed by atoms with van der Waals surface area (Å²) in [6, 6.07) is 0.523. The second-order valence-corrected chi connectivity index (χ2v) is 6.27. The average molecular weight is 238 g/mol. The molecule has 1 heterocycles. The Balaban J connectivity index is 1.85. The highest BCUT2D eigenvalue weighted by molar-refractivity contribution is 5.82. The van der Waals surface area contributed by atoms with E-state index >= 15 is 0 Å². The molecule has 2 fully saturated rings. The summed E-state index contributed by atoms with van der Waals surface area (Å²) < 4.78 is 0. The zero-order chi connectivity index (χ0) is 12.5. The topological polar surface area (TPSA) is 32.3 Å². The molecule has 1 saturated carbocycles. The van der Waals surface area contributed by atoms with E-state index in [0.29, 0.717) is 11.9 Å². The fourth-order valence-electron chi connectivity index (χ4n) is 2.83. The lowest BCUT2D eigenvalue weighted by molar-refractivity contribution is -0.133. The van der Waals surface area contributed by atoms with Crippen molar-refractivity contribution in [2.45, 2.75) is 52.5 Å². The maximum Gasteiger partial charge on any atom is 0.226 e. The fourth-order valence-corrected chi connectivity index (χ4v) is 2.83. The first kappa shape index (κ1) is 12.9. The minimum atomic E-state index is 0.254. The Morgan fingerprint density at radius 3 is 2.59 bits per heavy atom. The van der Waals surface area contributed by atoms with Gasteiger partial charge in [-0.15, -0.1) is 0 Å². The van der Waals surface area contributed by atoms with Gasteiger partial charge in [0.15, 0.2) is 0 Å². The first-order valence-corrected chi connectivity index (χ1v) is 7.07. The predicted molar refractivity (Wildman–Crippen MR) is 69.8 cm³/mol. The minimum absolute atomic E-state index is 0.254. The van der Waals surface area contributed by atoms with Crippen molar-refractivity contribution in [1.29, 1.82) is 0 Å². The largest absolute Gasteiger partial charge is 0.341 e. The summed E-state index contributed by atoms with van der Waals surface area (Å²) in [5.74, 6) is 0.663. The van der Waals surface area contributed by atoms with Crippen molar-refractivity contribution >= 4 is 5.91 Å². The molecule has 1 aliphatic carbocycles. The number of carbonyl (C=O) groups excluding carboxylic acids is 1. The second kappa shape index (κ2) is 4.97. The molecular formula is C14H26N2O. The van der Waals surface area contributed by atoms with Crippen molar-refractivity contribution in [3.8, 4) is 0 Å². The molecule has 2 rings (SSSR count).